The molecule has 0 radical (unpaired) electrons. The minimum atomic E-state index is -0.282. The van der Waals surface area contributed by atoms with Crippen molar-refractivity contribution in [3.05, 3.63) is 65.1 Å². The molecule has 34 heavy (non-hydrogen) atoms. The van der Waals surface area contributed by atoms with Crippen molar-refractivity contribution >= 4 is 34.5 Å². The molecule has 0 N–H and O–H groups in total. The molecule has 0 saturated carbocycles. The summed E-state index contributed by atoms with van der Waals surface area (Å²) in [4.78, 5) is 2.60. The largest absolute Gasteiger partial charge is 0.356 e. The Balaban J connectivity index is 1.30. The van der Waals surface area contributed by atoms with Gasteiger partial charge < -0.3 is 9.42 Å². The van der Waals surface area contributed by atoms with Gasteiger partial charge in [0.2, 0.25) is 0 Å². The van der Waals surface area contributed by atoms with Crippen LogP contribution in [0.2, 0.25) is 0 Å². The Hall–Kier alpha value is -1.50. The number of piperidine rings is 1. The summed E-state index contributed by atoms with van der Waals surface area (Å²) in [6.07, 6.45) is 9.88. The summed E-state index contributed by atoms with van der Waals surface area (Å²) in [6.45, 7) is 3.59. The van der Waals surface area contributed by atoms with Crippen LogP contribution < -0.4 is 0 Å². The predicted octanol–water partition coefficient (Wildman–Crippen LogP) is 7.49. The Kier molecular flexibility index (Phi) is 8.51. The predicted molar refractivity (Wildman–Crippen MR) is 143 cm³/mol. The third-order valence-corrected chi connectivity index (χ3v) is 10.2. The molecule has 2 fully saturated rings. The number of halogens is 1. The van der Waals surface area contributed by atoms with Crippen LogP contribution in [0.5, 0.6) is 0 Å². The van der Waals surface area contributed by atoms with E-state index in [-0.39, 0.29) is 11.7 Å². The maximum absolute atomic E-state index is 13.7. The lowest BCUT2D eigenvalue weighted by Crippen LogP contribution is -2.30. The van der Waals surface area contributed by atoms with E-state index in [2.05, 4.69) is 57.8 Å². The fourth-order valence-electron chi connectivity index (χ4n) is 5.25. The molecule has 2 saturated heterocycles. The van der Waals surface area contributed by atoms with Gasteiger partial charge in [-0.3, -0.25) is 0 Å². The van der Waals surface area contributed by atoms with E-state index >= 15 is 0 Å². The minimum absolute atomic E-state index is 0.162. The summed E-state index contributed by atoms with van der Waals surface area (Å²) in [6, 6.07) is 13.9. The monoisotopic (exact) mass is 498 g/mol. The van der Waals surface area contributed by atoms with Gasteiger partial charge >= 0.3 is 0 Å². The van der Waals surface area contributed by atoms with E-state index in [1.807, 2.05) is 6.07 Å². The van der Waals surface area contributed by atoms with Crippen molar-refractivity contribution in [1.82, 2.24) is 10.1 Å². The highest BCUT2D eigenvalue weighted by atomic mass is 32.2. The molecule has 0 bridgehead atoms. The number of aryl methyl sites for hydroxylation is 1. The van der Waals surface area contributed by atoms with Gasteiger partial charge in [-0.2, -0.15) is 0 Å². The molecule has 2 aromatic carbocycles. The highest BCUT2D eigenvalue weighted by molar-refractivity contribution is 8.17. The van der Waals surface area contributed by atoms with Crippen LogP contribution in [0.15, 0.2) is 47.0 Å². The van der Waals surface area contributed by atoms with Crippen LogP contribution in [-0.2, 0) is 6.42 Å². The van der Waals surface area contributed by atoms with Crippen LogP contribution >= 0.6 is 23.5 Å². The number of nitrogens with zero attached hydrogens (tertiary/aromatic N) is 2. The Morgan fingerprint density at radius 1 is 1.00 bits per heavy atom. The van der Waals surface area contributed by atoms with Crippen molar-refractivity contribution in [1.29, 1.82) is 0 Å². The van der Waals surface area contributed by atoms with E-state index in [0.717, 1.165) is 41.5 Å². The molecular formula is C28H35FN2OS2. The van der Waals surface area contributed by atoms with Crippen LogP contribution in [0, 0.1) is 5.82 Å². The lowest BCUT2D eigenvalue weighted by molar-refractivity contribution is 0.223. The van der Waals surface area contributed by atoms with Gasteiger partial charge in [0.1, 0.15) is 5.82 Å². The molecule has 2 aliphatic heterocycles. The molecule has 5 rings (SSSR count). The maximum atomic E-state index is 13.7. The third-order valence-electron chi connectivity index (χ3n) is 7.15. The van der Waals surface area contributed by atoms with E-state index in [9.17, 15) is 4.39 Å². The summed E-state index contributed by atoms with van der Waals surface area (Å²) in [5.74, 6) is 2.50. The van der Waals surface area contributed by atoms with Crippen LogP contribution in [0.3, 0.4) is 0 Å². The van der Waals surface area contributed by atoms with Gasteiger partial charge in [0.25, 0.3) is 0 Å². The summed E-state index contributed by atoms with van der Waals surface area (Å²) < 4.78 is 20.0. The zero-order valence-corrected chi connectivity index (χ0v) is 21.5. The van der Waals surface area contributed by atoms with Crippen molar-refractivity contribution in [3.63, 3.8) is 0 Å². The molecule has 1 unspecified atom stereocenters. The summed E-state index contributed by atoms with van der Waals surface area (Å²) in [5, 5.41) is 5.37. The molecule has 3 aromatic rings. The van der Waals surface area contributed by atoms with E-state index in [0.29, 0.717) is 5.58 Å². The topological polar surface area (TPSA) is 29.3 Å². The van der Waals surface area contributed by atoms with Gasteiger partial charge in [0.05, 0.1) is 10.3 Å². The Labute approximate surface area is 211 Å². The number of aromatic nitrogens is 1. The zero-order chi connectivity index (χ0) is 23.2. The number of hydrogen-bond donors (Lipinski definition) is 0. The highest BCUT2D eigenvalue weighted by Crippen LogP contribution is 2.36. The summed E-state index contributed by atoms with van der Waals surface area (Å²) in [7, 11) is 0. The smallest absolute Gasteiger partial charge is 0.170 e. The van der Waals surface area contributed by atoms with Crippen LogP contribution in [0.25, 0.3) is 11.0 Å². The highest BCUT2D eigenvalue weighted by Gasteiger charge is 2.22. The molecule has 1 atom stereocenters. The van der Waals surface area contributed by atoms with E-state index in [1.54, 1.807) is 0 Å². The second-order valence-corrected chi connectivity index (χ2v) is 12.5. The van der Waals surface area contributed by atoms with Gasteiger partial charge in [-0.05, 0) is 99.3 Å². The van der Waals surface area contributed by atoms with Crippen LogP contribution in [0.1, 0.15) is 67.7 Å². The fraction of sp³-hybridized carbons (Fsp3) is 0.536. The molecule has 3 nitrogen and oxygen atoms in total. The van der Waals surface area contributed by atoms with Crippen molar-refractivity contribution < 1.29 is 8.91 Å². The number of fused-ring (bicyclic) bond motifs is 1. The third kappa shape index (κ3) is 6.19. The molecule has 182 valence electrons. The number of likely N-dealkylation sites (tertiary alicyclic amines) is 1. The standard InChI is InChI=1S/C28H35FN2OS2/c29-23-12-13-25-26(20-23)32-30-28(25)24(6-4-17-31-15-2-1-3-16-31)22-10-7-21(8-11-22)9-14-27-33-18-5-19-34-27/h7-8,10-13,20,24,27H,1-6,9,14-19H2. The number of thioether (sulfide) groups is 2. The first-order valence-electron chi connectivity index (χ1n) is 12.9. The van der Waals surface area contributed by atoms with E-state index in [1.165, 1.54) is 80.0 Å². The van der Waals surface area contributed by atoms with Crippen molar-refractivity contribution in [2.75, 3.05) is 31.1 Å². The fourth-order valence-corrected chi connectivity index (χ4v) is 8.11. The number of rotatable bonds is 9. The first-order valence-corrected chi connectivity index (χ1v) is 15.0. The second kappa shape index (κ2) is 12.0. The number of benzene rings is 2. The Morgan fingerprint density at radius 3 is 2.59 bits per heavy atom. The van der Waals surface area contributed by atoms with Crippen molar-refractivity contribution in [2.24, 2.45) is 0 Å². The number of hydrogen-bond acceptors (Lipinski definition) is 5. The van der Waals surface area contributed by atoms with E-state index < -0.39 is 0 Å². The quantitative estimate of drug-likeness (QED) is 0.305. The summed E-state index contributed by atoms with van der Waals surface area (Å²) in [5.41, 5.74) is 4.17. The van der Waals surface area contributed by atoms with Gasteiger partial charge in [0, 0.05) is 17.4 Å². The lowest BCUT2D eigenvalue weighted by atomic mass is 9.88. The van der Waals surface area contributed by atoms with Crippen LogP contribution in [0.4, 0.5) is 4.39 Å². The molecule has 6 heteroatoms. The van der Waals surface area contributed by atoms with Crippen molar-refractivity contribution in [3.8, 4) is 0 Å². The Morgan fingerprint density at radius 2 is 1.79 bits per heavy atom. The lowest BCUT2D eigenvalue weighted by Gasteiger charge is -2.27. The average Bonchev–Trinajstić information content (AvgIpc) is 3.30. The second-order valence-electron chi connectivity index (χ2n) is 9.61. The zero-order valence-electron chi connectivity index (χ0n) is 19.9. The van der Waals surface area contributed by atoms with E-state index in [4.69, 9.17) is 4.52 Å². The van der Waals surface area contributed by atoms with Gasteiger partial charge in [0.15, 0.2) is 5.58 Å². The Bertz CT molecular complexity index is 1040. The van der Waals surface area contributed by atoms with Crippen LogP contribution in [-0.4, -0.2) is 45.8 Å². The normalized spacial score (nSPS) is 19.0. The molecule has 0 aliphatic carbocycles. The first kappa shape index (κ1) is 24.2. The molecule has 0 amide bonds. The summed E-state index contributed by atoms with van der Waals surface area (Å²) >= 11 is 4.25. The van der Waals surface area contributed by atoms with Gasteiger partial charge in [-0.15, -0.1) is 23.5 Å². The molecule has 0 spiro atoms. The first-order chi connectivity index (χ1) is 16.8. The molecule has 3 heterocycles. The SMILES string of the molecule is Fc1ccc2c(C(CCCN3CCCCC3)c3ccc(CCC4SCCCS4)cc3)noc2c1. The average molecular weight is 499 g/mol. The molecule has 2 aliphatic rings. The van der Waals surface area contributed by atoms with Crippen molar-refractivity contribution in [2.45, 2.75) is 61.9 Å². The minimum Gasteiger partial charge on any atom is -0.356 e. The van der Waals surface area contributed by atoms with Gasteiger partial charge in [-0.25, -0.2) is 4.39 Å². The molecular weight excluding hydrogens is 463 g/mol. The maximum Gasteiger partial charge on any atom is 0.170 e. The van der Waals surface area contributed by atoms with Gasteiger partial charge in [-0.1, -0.05) is 35.8 Å². The molecule has 1 aromatic heterocycles.